The number of nitrogens with one attached hydrogen (secondary N) is 1. The number of rotatable bonds is 4. The van der Waals surface area contributed by atoms with Crippen molar-refractivity contribution >= 4 is 38.0 Å². The zero-order valence-electron chi connectivity index (χ0n) is 14.6. The fraction of sp³-hybridized carbons (Fsp3) is 0.278. The first kappa shape index (κ1) is 19.1. The first-order valence-electron chi connectivity index (χ1n) is 8.19. The van der Waals surface area contributed by atoms with Crippen LogP contribution in [0.25, 0.3) is 0 Å². The van der Waals surface area contributed by atoms with E-state index in [0.717, 1.165) is 10.4 Å². The van der Waals surface area contributed by atoms with Gasteiger partial charge in [-0.1, -0.05) is 18.2 Å². The van der Waals surface area contributed by atoms with Crippen molar-refractivity contribution in [2.75, 3.05) is 17.6 Å². The number of carbonyl (C=O) groups excluding carboxylic acids is 2. The van der Waals surface area contributed by atoms with Crippen LogP contribution in [0.5, 0.6) is 0 Å². The molecule has 2 heterocycles. The molecule has 27 heavy (non-hydrogen) atoms. The van der Waals surface area contributed by atoms with E-state index in [1.54, 1.807) is 23.1 Å². The highest BCUT2D eigenvalue weighted by Crippen LogP contribution is 2.36. The van der Waals surface area contributed by atoms with Crippen molar-refractivity contribution < 1.29 is 18.0 Å². The Hall–Kier alpha value is -2.70. The second kappa shape index (κ2) is 7.50. The topological polar surface area (TPSA) is 107 Å². The lowest BCUT2D eigenvalue weighted by Gasteiger charge is -2.25. The minimum Gasteiger partial charge on any atom is -0.337 e. The van der Waals surface area contributed by atoms with Crippen molar-refractivity contribution in [3.8, 4) is 6.07 Å². The third-order valence-electron chi connectivity index (χ3n) is 4.29. The van der Waals surface area contributed by atoms with Crippen LogP contribution in [0.3, 0.4) is 0 Å². The molecule has 2 amide bonds. The predicted molar refractivity (Wildman–Crippen MR) is 101 cm³/mol. The fourth-order valence-electron chi connectivity index (χ4n) is 2.93. The number of nitriles is 1. The van der Waals surface area contributed by atoms with Crippen molar-refractivity contribution in [3.63, 3.8) is 0 Å². The maximum absolute atomic E-state index is 12.3. The van der Waals surface area contributed by atoms with Crippen LogP contribution in [0.4, 0.5) is 5.00 Å². The summed E-state index contributed by atoms with van der Waals surface area (Å²) in [5.41, 5.74) is 1.17. The van der Waals surface area contributed by atoms with Gasteiger partial charge in [0, 0.05) is 18.3 Å². The molecule has 0 radical (unpaired) electrons. The molecule has 1 aliphatic heterocycles. The van der Waals surface area contributed by atoms with E-state index >= 15 is 0 Å². The number of hydrogen-bond acceptors (Lipinski definition) is 6. The number of nitrogens with zero attached hydrogens (tertiary/aromatic N) is 2. The standard InChI is InChI=1S/C18H17N3O4S2/c1-12(22)21-8-7-14-15(9-19)18(26-16(14)10-21)20-17(23)11-27(24,25)13-5-3-2-4-6-13/h2-6H,7-8,10-11H2,1H3,(H,20,23). The van der Waals surface area contributed by atoms with Crippen molar-refractivity contribution in [1.29, 1.82) is 5.26 Å². The average molecular weight is 403 g/mol. The second-order valence-corrected chi connectivity index (χ2v) is 9.23. The van der Waals surface area contributed by atoms with Crippen LogP contribution in [0, 0.1) is 11.3 Å². The Kier molecular flexibility index (Phi) is 5.30. The molecule has 9 heteroatoms. The molecule has 0 fully saturated rings. The molecule has 1 aromatic carbocycles. The van der Waals surface area contributed by atoms with Gasteiger partial charge < -0.3 is 10.2 Å². The number of carbonyl (C=O) groups is 2. The summed E-state index contributed by atoms with van der Waals surface area (Å²) in [7, 11) is -3.76. The Morgan fingerprint density at radius 1 is 1.30 bits per heavy atom. The normalized spacial score (nSPS) is 13.6. The van der Waals surface area contributed by atoms with Gasteiger partial charge in [-0.15, -0.1) is 11.3 Å². The summed E-state index contributed by atoms with van der Waals surface area (Å²) in [6.07, 6.45) is 0.534. The van der Waals surface area contributed by atoms with E-state index in [1.165, 1.54) is 30.4 Å². The summed E-state index contributed by atoms with van der Waals surface area (Å²) in [4.78, 5) is 26.5. The molecule has 0 aliphatic carbocycles. The monoisotopic (exact) mass is 403 g/mol. The quantitative estimate of drug-likeness (QED) is 0.839. The van der Waals surface area contributed by atoms with Crippen LogP contribution in [0.2, 0.25) is 0 Å². The first-order chi connectivity index (χ1) is 12.8. The van der Waals surface area contributed by atoms with Gasteiger partial charge in [-0.25, -0.2) is 8.42 Å². The Balaban J connectivity index is 1.79. The molecular formula is C18H17N3O4S2. The Morgan fingerprint density at radius 3 is 2.63 bits per heavy atom. The van der Waals surface area contributed by atoms with Gasteiger partial charge >= 0.3 is 0 Å². The number of anilines is 1. The lowest BCUT2D eigenvalue weighted by atomic mass is 10.0. The molecule has 2 aromatic rings. The molecule has 7 nitrogen and oxygen atoms in total. The number of sulfone groups is 1. The van der Waals surface area contributed by atoms with Crippen molar-refractivity contribution in [1.82, 2.24) is 4.90 Å². The van der Waals surface area contributed by atoms with Crippen molar-refractivity contribution in [2.45, 2.75) is 24.8 Å². The lowest BCUT2D eigenvalue weighted by Crippen LogP contribution is -2.33. The Labute approximate surface area is 161 Å². The Morgan fingerprint density at radius 2 is 2.00 bits per heavy atom. The van der Waals surface area contributed by atoms with Gasteiger partial charge in [0.25, 0.3) is 0 Å². The third kappa shape index (κ3) is 4.02. The van der Waals surface area contributed by atoms with Gasteiger partial charge in [-0.05, 0) is 24.1 Å². The number of amides is 2. The molecule has 1 N–H and O–H groups in total. The molecule has 0 unspecified atom stereocenters. The fourth-order valence-corrected chi connectivity index (χ4v) is 5.31. The molecule has 1 aliphatic rings. The number of thiophene rings is 1. The highest BCUT2D eigenvalue weighted by Gasteiger charge is 2.27. The minimum atomic E-state index is -3.76. The summed E-state index contributed by atoms with van der Waals surface area (Å²) in [5, 5.41) is 12.4. The van der Waals surface area contributed by atoms with Gasteiger partial charge in [-0.3, -0.25) is 9.59 Å². The van der Waals surface area contributed by atoms with Crippen LogP contribution in [-0.2, 0) is 32.4 Å². The van der Waals surface area contributed by atoms with Crippen LogP contribution < -0.4 is 5.32 Å². The van der Waals surface area contributed by atoms with Gasteiger partial charge in [0.2, 0.25) is 11.8 Å². The molecule has 0 saturated carbocycles. The van der Waals surface area contributed by atoms with Gasteiger partial charge in [-0.2, -0.15) is 5.26 Å². The summed E-state index contributed by atoms with van der Waals surface area (Å²) < 4.78 is 24.7. The molecule has 0 saturated heterocycles. The zero-order chi connectivity index (χ0) is 19.6. The smallest absolute Gasteiger partial charge is 0.240 e. The van der Waals surface area contributed by atoms with Gasteiger partial charge in [0.05, 0.1) is 17.0 Å². The van der Waals surface area contributed by atoms with Gasteiger partial charge in [0.15, 0.2) is 9.84 Å². The molecule has 3 rings (SSSR count). The summed E-state index contributed by atoms with van der Waals surface area (Å²) in [6, 6.07) is 9.83. The van der Waals surface area contributed by atoms with E-state index < -0.39 is 21.5 Å². The molecule has 0 spiro atoms. The van der Waals surface area contributed by atoms with Gasteiger partial charge in [0.1, 0.15) is 16.8 Å². The number of hydrogen-bond donors (Lipinski definition) is 1. The largest absolute Gasteiger partial charge is 0.337 e. The zero-order valence-corrected chi connectivity index (χ0v) is 16.2. The predicted octanol–water partition coefficient (Wildman–Crippen LogP) is 1.94. The maximum atomic E-state index is 12.3. The number of benzene rings is 1. The molecular weight excluding hydrogens is 386 g/mol. The molecule has 0 bridgehead atoms. The summed E-state index contributed by atoms with van der Waals surface area (Å²) >= 11 is 1.21. The second-order valence-electron chi connectivity index (χ2n) is 6.13. The number of fused-ring (bicyclic) bond motifs is 1. The Bertz CT molecular complexity index is 1040. The summed E-state index contributed by atoms with van der Waals surface area (Å²) in [5.74, 6) is -1.45. The van der Waals surface area contributed by atoms with E-state index in [0.29, 0.717) is 30.1 Å². The van der Waals surface area contributed by atoms with E-state index in [1.807, 2.05) is 0 Å². The minimum absolute atomic E-state index is 0.0490. The highest BCUT2D eigenvalue weighted by atomic mass is 32.2. The van der Waals surface area contributed by atoms with Crippen LogP contribution in [0.1, 0.15) is 22.9 Å². The van der Waals surface area contributed by atoms with Crippen LogP contribution >= 0.6 is 11.3 Å². The maximum Gasteiger partial charge on any atom is 0.240 e. The lowest BCUT2D eigenvalue weighted by molar-refractivity contribution is -0.129. The third-order valence-corrected chi connectivity index (χ3v) is 7.06. The molecule has 0 atom stereocenters. The van der Waals surface area contributed by atoms with E-state index in [-0.39, 0.29) is 10.8 Å². The van der Waals surface area contributed by atoms with Crippen molar-refractivity contribution in [3.05, 3.63) is 46.3 Å². The SMILES string of the molecule is CC(=O)N1CCc2c(sc(NC(=O)CS(=O)(=O)c3ccccc3)c2C#N)C1. The summed E-state index contributed by atoms with van der Waals surface area (Å²) in [6.45, 7) is 2.40. The molecule has 1 aromatic heterocycles. The molecule has 140 valence electrons. The van der Waals surface area contributed by atoms with E-state index in [9.17, 15) is 23.3 Å². The highest BCUT2D eigenvalue weighted by molar-refractivity contribution is 7.92. The average Bonchev–Trinajstić information content (AvgIpc) is 2.97. The first-order valence-corrected chi connectivity index (χ1v) is 10.7. The van der Waals surface area contributed by atoms with E-state index in [4.69, 9.17) is 0 Å². The van der Waals surface area contributed by atoms with Crippen molar-refractivity contribution in [2.24, 2.45) is 0 Å². The van der Waals surface area contributed by atoms with E-state index in [2.05, 4.69) is 11.4 Å². The van der Waals surface area contributed by atoms with Crippen LogP contribution in [-0.4, -0.2) is 37.4 Å². The van der Waals surface area contributed by atoms with Crippen LogP contribution in [0.15, 0.2) is 35.2 Å².